The van der Waals surface area contributed by atoms with E-state index in [1.54, 1.807) is 36.1 Å². The van der Waals surface area contributed by atoms with Crippen molar-refractivity contribution < 1.29 is 19.1 Å². The number of methoxy groups -OCH3 is 1. The van der Waals surface area contributed by atoms with Crippen LogP contribution in [-0.2, 0) is 9.59 Å². The van der Waals surface area contributed by atoms with Crippen molar-refractivity contribution in [2.45, 2.75) is 26.7 Å². The van der Waals surface area contributed by atoms with Crippen molar-refractivity contribution >= 4 is 29.2 Å². The molecule has 1 aromatic heterocycles. The Balaban J connectivity index is 1.58. The topological polar surface area (TPSA) is 85.7 Å². The van der Waals surface area contributed by atoms with Crippen LogP contribution in [0.4, 0.5) is 5.82 Å². The summed E-state index contributed by atoms with van der Waals surface area (Å²) in [5, 5.41) is 8.38. The lowest BCUT2D eigenvalue weighted by atomic mass is 10.1. The van der Waals surface area contributed by atoms with Crippen molar-refractivity contribution in [2.75, 3.05) is 32.1 Å². The largest absolute Gasteiger partial charge is 0.497 e. The van der Waals surface area contributed by atoms with Crippen LogP contribution < -0.4 is 14.8 Å². The van der Waals surface area contributed by atoms with Gasteiger partial charge in [-0.15, -0.1) is 0 Å². The summed E-state index contributed by atoms with van der Waals surface area (Å²) in [6, 6.07) is 24.0. The second kappa shape index (κ2) is 13.7. The van der Waals surface area contributed by atoms with Gasteiger partial charge in [0.25, 0.3) is 5.91 Å². The van der Waals surface area contributed by atoms with Crippen LogP contribution in [0.25, 0.3) is 16.8 Å². The van der Waals surface area contributed by atoms with Crippen LogP contribution in [0.3, 0.4) is 0 Å². The SMILES string of the molecule is CCCCN(CC(=O)Nc1c(-c2ccccc2)c(C)nn1-c1ccc(OC)cc1)C(=O)COc1ccc(Cl)cc1. The zero-order chi connectivity index (χ0) is 28.5. The Labute approximate surface area is 239 Å². The summed E-state index contributed by atoms with van der Waals surface area (Å²) in [6.45, 7) is 4.08. The van der Waals surface area contributed by atoms with Gasteiger partial charge in [-0.3, -0.25) is 9.59 Å². The zero-order valence-electron chi connectivity index (χ0n) is 22.9. The molecule has 4 rings (SSSR count). The van der Waals surface area contributed by atoms with Gasteiger partial charge in [0.1, 0.15) is 23.9 Å². The van der Waals surface area contributed by atoms with Gasteiger partial charge in [-0.25, -0.2) is 4.68 Å². The van der Waals surface area contributed by atoms with E-state index in [4.69, 9.17) is 26.2 Å². The van der Waals surface area contributed by atoms with Crippen LogP contribution in [0.1, 0.15) is 25.5 Å². The molecule has 0 spiro atoms. The second-order valence-electron chi connectivity index (χ2n) is 9.24. The molecule has 0 aliphatic rings. The van der Waals surface area contributed by atoms with E-state index >= 15 is 0 Å². The molecule has 0 fully saturated rings. The van der Waals surface area contributed by atoms with Crippen molar-refractivity contribution in [1.29, 1.82) is 0 Å². The van der Waals surface area contributed by atoms with E-state index in [2.05, 4.69) is 5.32 Å². The van der Waals surface area contributed by atoms with E-state index in [9.17, 15) is 9.59 Å². The fourth-order valence-corrected chi connectivity index (χ4v) is 4.38. The Morgan fingerprint density at radius 2 is 1.65 bits per heavy atom. The third-order valence-electron chi connectivity index (χ3n) is 6.34. The van der Waals surface area contributed by atoms with E-state index < -0.39 is 0 Å². The van der Waals surface area contributed by atoms with Crippen LogP contribution in [0.2, 0.25) is 5.02 Å². The summed E-state index contributed by atoms with van der Waals surface area (Å²) in [4.78, 5) is 28.1. The molecule has 3 aromatic carbocycles. The number of unbranched alkanes of at least 4 members (excludes halogenated alkanes) is 1. The minimum Gasteiger partial charge on any atom is -0.497 e. The van der Waals surface area contributed by atoms with Crippen molar-refractivity contribution in [2.24, 2.45) is 0 Å². The summed E-state index contributed by atoms with van der Waals surface area (Å²) in [6.07, 6.45) is 1.64. The molecular formula is C31H33ClN4O4. The second-order valence-corrected chi connectivity index (χ2v) is 9.68. The highest BCUT2D eigenvalue weighted by Gasteiger charge is 2.23. The molecule has 40 heavy (non-hydrogen) atoms. The molecule has 0 radical (unpaired) electrons. The first-order valence-corrected chi connectivity index (χ1v) is 13.5. The van der Waals surface area contributed by atoms with Gasteiger partial charge in [0.15, 0.2) is 6.61 Å². The van der Waals surface area contributed by atoms with Crippen LogP contribution in [0, 0.1) is 6.92 Å². The Morgan fingerprint density at radius 3 is 2.30 bits per heavy atom. The predicted molar refractivity (Wildman–Crippen MR) is 157 cm³/mol. The first-order chi connectivity index (χ1) is 19.4. The molecule has 8 nitrogen and oxygen atoms in total. The Kier molecular flexibility index (Phi) is 9.81. The average molecular weight is 561 g/mol. The maximum atomic E-state index is 13.5. The number of nitrogens with one attached hydrogen (secondary N) is 1. The summed E-state index contributed by atoms with van der Waals surface area (Å²) >= 11 is 5.93. The average Bonchev–Trinajstić information content (AvgIpc) is 3.30. The van der Waals surface area contributed by atoms with Crippen molar-refractivity contribution in [3.05, 3.63) is 89.6 Å². The molecule has 1 heterocycles. The number of anilines is 1. The van der Waals surface area contributed by atoms with Crippen molar-refractivity contribution in [1.82, 2.24) is 14.7 Å². The number of hydrogen-bond acceptors (Lipinski definition) is 5. The van der Waals surface area contributed by atoms with Gasteiger partial charge in [0.05, 0.1) is 18.5 Å². The number of benzene rings is 3. The van der Waals surface area contributed by atoms with Gasteiger partial charge in [-0.1, -0.05) is 55.3 Å². The molecule has 208 valence electrons. The number of aryl methyl sites for hydroxylation is 1. The van der Waals surface area contributed by atoms with Gasteiger partial charge in [0, 0.05) is 17.1 Å². The van der Waals surface area contributed by atoms with Crippen LogP contribution in [0.15, 0.2) is 78.9 Å². The van der Waals surface area contributed by atoms with Crippen molar-refractivity contribution in [3.8, 4) is 28.3 Å². The molecule has 0 aliphatic heterocycles. The fraction of sp³-hybridized carbons (Fsp3) is 0.258. The van der Waals surface area contributed by atoms with E-state index in [1.807, 2.05) is 68.4 Å². The van der Waals surface area contributed by atoms with E-state index in [0.29, 0.717) is 28.9 Å². The summed E-state index contributed by atoms with van der Waals surface area (Å²) in [5.41, 5.74) is 3.25. The number of rotatable bonds is 12. The normalized spacial score (nSPS) is 10.7. The number of amides is 2. The fourth-order valence-electron chi connectivity index (χ4n) is 4.26. The third-order valence-corrected chi connectivity index (χ3v) is 6.59. The smallest absolute Gasteiger partial charge is 0.260 e. The van der Waals surface area contributed by atoms with Gasteiger partial charge in [0.2, 0.25) is 5.91 Å². The molecule has 9 heteroatoms. The standard InChI is InChI=1S/C31H33ClN4O4/c1-4-5-19-35(29(38)21-40-27-15-11-24(32)12-16-27)20-28(37)33-31-30(23-9-7-6-8-10-23)22(2)34-36(31)25-13-17-26(39-3)18-14-25/h6-18H,4-5,19-21H2,1-3H3,(H,33,37). The van der Waals surface area contributed by atoms with Crippen LogP contribution >= 0.6 is 11.6 Å². The Morgan fingerprint density at radius 1 is 0.975 bits per heavy atom. The summed E-state index contributed by atoms with van der Waals surface area (Å²) in [5.74, 6) is 1.17. The number of carbonyl (C=O) groups excluding carboxylic acids is 2. The highest BCUT2D eigenvalue weighted by molar-refractivity contribution is 6.30. The predicted octanol–water partition coefficient (Wildman–Crippen LogP) is 6.16. The highest BCUT2D eigenvalue weighted by Crippen LogP contribution is 2.33. The van der Waals surface area contributed by atoms with Crippen LogP contribution in [-0.4, -0.2) is 53.3 Å². The number of carbonyl (C=O) groups is 2. The maximum absolute atomic E-state index is 13.5. The summed E-state index contributed by atoms with van der Waals surface area (Å²) in [7, 11) is 1.61. The van der Waals surface area contributed by atoms with E-state index in [0.717, 1.165) is 35.3 Å². The van der Waals surface area contributed by atoms with E-state index in [-0.39, 0.29) is 25.0 Å². The lowest BCUT2D eigenvalue weighted by molar-refractivity contribution is -0.136. The van der Waals surface area contributed by atoms with Crippen LogP contribution in [0.5, 0.6) is 11.5 Å². The Hall–Kier alpha value is -4.30. The number of halogens is 1. The number of aromatic nitrogens is 2. The highest BCUT2D eigenvalue weighted by atomic mass is 35.5. The quantitative estimate of drug-likeness (QED) is 0.224. The van der Waals surface area contributed by atoms with Crippen molar-refractivity contribution in [3.63, 3.8) is 0 Å². The van der Waals surface area contributed by atoms with E-state index in [1.165, 1.54) is 4.90 Å². The molecule has 0 aliphatic carbocycles. The van der Waals surface area contributed by atoms with Gasteiger partial charge in [-0.2, -0.15) is 5.10 Å². The monoisotopic (exact) mass is 560 g/mol. The number of ether oxygens (including phenoxy) is 2. The zero-order valence-corrected chi connectivity index (χ0v) is 23.6. The molecule has 0 unspecified atom stereocenters. The Bertz CT molecular complexity index is 1420. The number of nitrogens with zero attached hydrogens (tertiary/aromatic N) is 3. The first kappa shape index (κ1) is 28.7. The molecule has 1 N–H and O–H groups in total. The third kappa shape index (κ3) is 7.21. The van der Waals surface area contributed by atoms with Gasteiger partial charge < -0.3 is 19.7 Å². The number of hydrogen-bond donors (Lipinski definition) is 1. The molecule has 0 saturated heterocycles. The molecule has 0 atom stereocenters. The lowest BCUT2D eigenvalue weighted by Crippen LogP contribution is -2.41. The summed E-state index contributed by atoms with van der Waals surface area (Å²) < 4.78 is 12.7. The van der Waals surface area contributed by atoms with Gasteiger partial charge in [-0.05, 0) is 67.4 Å². The molecule has 4 aromatic rings. The maximum Gasteiger partial charge on any atom is 0.260 e. The lowest BCUT2D eigenvalue weighted by Gasteiger charge is -2.22. The minimum absolute atomic E-state index is 0.121. The minimum atomic E-state index is -0.331. The first-order valence-electron chi connectivity index (χ1n) is 13.1. The molecule has 0 bridgehead atoms. The molecular weight excluding hydrogens is 528 g/mol. The molecule has 0 saturated carbocycles. The van der Waals surface area contributed by atoms with Gasteiger partial charge >= 0.3 is 0 Å². The molecule has 2 amide bonds.